The molecule has 2 atom stereocenters. The quantitative estimate of drug-likeness (QED) is 0.473. The van der Waals surface area contributed by atoms with Gasteiger partial charge in [0.1, 0.15) is 11.6 Å². The van der Waals surface area contributed by atoms with Gasteiger partial charge in [-0.1, -0.05) is 23.2 Å². The number of hydrogen-bond acceptors (Lipinski definition) is 6. The minimum Gasteiger partial charge on any atom is -0.380 e. The van der Waals surface area contributed by atoms with Crippen LogP contribution in [0.4, 0.5) is 14.5 Å². The van der Waals surface area contributed by atoms with Crippen LogP contribution in [0.3, 0.4) is 0 Å². The highest BCUT2D eigenvalue weighted by Crippen LogP contribution is 2.33. The molecule has 3 heterocycles. The van der Waals surface area contributed by atoms with Crippen LogP contribution in [0.15, 0.2) is 30.3 Å². The van der Waals surface area contributed by atoms with E-state index in [4.69, 9.17) is 28.9 Å². The van der Waals surface area contributed by atoms with Crippen molar-refractivity contribution in [2.75, 3.05) is 44.6 Å². The van der Waals surface area contributed by atoms with Crippen LogP contribution in [0.5, 0.6) is 0 Å². The summed E-state index contributed by atoms with van der Waals surface area (Å²) in [5.74, 6) is -2.46. The number of benzene rings is 2. The van der Waals surface area contributed by atoms with E-state index in [9.17, 15) is 23.5 Å². The fourth-order valence-electron chi connectivity index (χ4n) is 5.83. The molecule has 2 aromatic carbocycles. The molecule has 3 aliphatic heterocycles. The second-order valence-electron chi connectivity index (χ2n) is 11.2. The van der Waals surface area contributed by atoms with E-state index in [0.29, 0.717) is 47.9 Å². The summed E-state index contributed by atoms with van der Waals surface area (Å²) in [6, 6.07) is 6.53. The van der Waals surface area contributed by atoms with Gasteiger partial charge < -0.3 is 26.0 Å². The molecule has 0 saturated carbocycles. The topological polar surface area (TPSA) is 102 Å². The van der Waals surface area contributed by atoms with Crippen LogP contribution >= 0.6 is 23.2 Å². The van der Waals surface area contributed by atoms with Crippen molar-refractivity contribution < 1.29 is 23.5 Å². The Balaban J connectivity index is 1.11. The van der Waals surface area contributed by atoms with Crippen LogP contribution in [-0.4, -0.2) is 89.0 Å². The van der Waals surface area contributed by atoms with Crippen molar-refractivity contribution in [3.8, 4) is 0 Å². The molecule has 0 spiro atoms. The average molecular weight is 597 g/mol. The lowest BCUT2D eigenvalue weighted by Gasteiger charge is -2.48. The number of nitrogens with one attached hydrogen (secondary N) is 1. The van der Waals surface area contributed by atoms with Gasteiger partial charge in [0.15, 0.2) is 5.60 Å². The molecule has 40 heavy (non-hydrogen) atoms. The number of nitrogens with zero attached hydrogens (tertiary/aromatic N) is 3. The lowest BCUT2D eigenvalue weighted by molar-refractivity contribution is -0.152. The number of halogens is 4. The second kappa shape index (κ2) is 11.4. The van der Waals surface area contributed by atoms with E-state index in [2.05, 4.69) is 10.2 Å². The molecule has 5 rings (SSSR count). The first-order valence-corrected chi connectivity index (χ1v) is 14.2. The average Bonchev–Trinajstić information content (AvgIpc) is 3.31. The maximum absolute atomic E-state index is 13.7. The molecule has 0 radical (unpaired) electrons. The van der Waals surface area contributed by atoms with E-state index in [1.807, 2.05) is 0 Å². The van der Waals surface area contributed by atoms with E-state index in [0.717, 1.165) is 50.2 Å². The molecule has 216 valence electrons. The third-order valence-electron chi connectivity index (χ3n) is 8.16. The molecular weight excluding hydrogens is 563 g/mol. The molecule has 3 fully saturated rings. The Bertz CT molecular complexity index is 1260. The second-order valence-corrected chi connectivity index (χ2v) is 12.0. The summed E-state index contributed by atoms with van der Waals surface area (Å²) in [6.45, 7) is 4.81. The third kappa shape index (κ3) is 5.92. The summed E-state index contributed by atoms with van der Waals surface area (Å²) in [7, 11) is 0. The number of nitrogens with two attached hydrogens (primary N) is 1. The van der Waals surface area contributed by atoms with Crippen LogP contribution in [0.1, 0.15) is 42.1 Å². The Hall–Kier alpha value is -2.50. The minimum atomic E-state index is -2.02. The van der Waals surface area contributed by atoms with Gasteiger partial charge in [-0.3, -0.25) is 14.5 Å². The zero-order valence-corrected chi connectivity index (χ0v) is 23.7. The van der Waals surface area contributed by atoms with Crippen LogP contribution in [0.2, 0.25) is 10.0 Å². The van der Waals surface area contributed by atoms with E-state index in [-0.39, 0.29) is 29.6 Å². The van der Waals surface area contributed by atoms with Crippen LogP contribution in [0.25, 0.3) is 0 Å². The Labute approximate surface area is 242 Å². The molecule has 3 aliphatic rings. The first kappa shape index (κ1) is 29.0. The molecule has 3 saturated heterocycles. The highest BCUT2D eigenvalue weighted by atomic mass is 35.5. The molecule has 8 nitrogen and oxygen atoms in total. The number of piperidine rings is 1. The van der Waals surface area contributed by atoms with Crippen LogP contribution in [-0.2, 0) is 10.4 Å². The number of amides is 2. The number of carbonyl (C=O) groups excluding carboxylic acids is 2. The molecule has 12 heteroatoms. The number of rotatable bonds is 6. The van der Waals surface area contributed by atoms with E-state index < -0.39 is 23.1 Å². The van der Waals surface area contributed by atoms with Crippen molar-refractivity contribution in [1.29, 1.82) is 0 Å². The number of carbonyl (C=O) groups is 2. The lowest BCUT2D eigenvalue weighted by Crippen LogP contribution is -2.61. The monoisotopic (exact) mass is 595 g/mol. The highest BCUT2D eigenvalue weighted by molar-refractivity contribution is 6.40. The minimum absolute atomic E-state index is 0.0298. The number of hydrogen-bond donors (Lipinski definition) is 3. The molecule has 0 bridgehead atoms. The summed E-state index contributed by atoms with van der Waals surface area (Å²) < 4.78 is 27.3. The van der Waals surface area contributed by atoms with Crippen molar-refractivity contribution in [2.45, 2.75) is 49.9 Å². The summed E-state index contributed by atoms with van der Waals surface area (Å²) in [5.41, 5.74) is 4.83. The summed E-state index contributed by atoms with van der Waals surface area (Å²) in [5, 5.41) is 14.9. The van der Waals surface area contributed by atoms with E-state index >= 15 is 0 Å². The van der Waals surface area contributed by atoms with Gasteiger partial charge >= 0.3 is 0 Å². The van der Waals surface area contributed by atoms with Crippen molar-refractivity contribution in [3.05, 3.63) is 63.1 Å². The fraction of sp³-hybridized carbons (Fsp3) is 0.500. The summed E-state index contributed by atoms with van der Waals surface area (Å²) in [6.07, 6.45) is 2.20. The number of likely N-dealkylation sites (tertiary alicyclic amines) is 3. The van der Waals surface area contributed by atoms with Crippen LogP contribution in [0, 0.1) is 11.6 Å². The largest absolute Gasteiger partial charge is 0.380 e. The summed E-state index contributed by atoms with van der Waals surface area (Å²) in [4.78, 5) is 31.5. The van der Waals surface area contributed by atoms with E-state index in [1.165, 1.54) is 6.92 Å². The molecule has 4 N–H and O–H groups in total. The zero-order valence-electron chi connectivity index (χ0n) is 22.2. The van der Waals surface area contributed by atoms with Gasteiger partial charge in [0, 0.05) is 63.1 Å². The molecule has 2 amide bonds. The maximum atomic E-state index is 13.7. The third-order valence-corrected chi connectivity index (χ3v) is 8.75. The van der Waals surface area contributed by atoms with Crippen molar-refractivity contribution >= 4 is 40.7 Å². The standard InChI is InChI=1S/C28H33Cl2F2N5O3/c1-28(40,16-8-17(31)10-18(32)9-16)27(39)35-6-3-22(4-7-35)37-14-21(15-37)34-20-11-23(29)25(24(30)12-20)26(38)36-5-2-19(33)13-36/h8-12,19,21-22,34,40H,2-7,13-15,33H2,1H3/t19?,28-/m0/s1. The zero-order chi connectivity index (χ0) is 28.8. The predicted octanol–water partition coefficient (Wildman–Crippen LogP) is 3.44. The van der Waals surface area contributed by atoms with Crippen molar-refractivity contribution in [3.63, 3.8) is 0 Å². The molecule has 2 aromatic rings. The van der Waals surface area contributed by atoms with Gasteiger partial charge in [-0.15, -0.1) is 0 Å². The van der Waals surface area contributed by atoms with Gasteiger partial charge in [-0.05, 0) is 56.0 Å². The molecule has 1 unspecified atom stereocenters. The Morgan fingerprint density at radius 1 is 0.950 bits per heavy atom. The van der Waals surface area contributed by atoms with E-state index in [1.54, 1.807) is 21.9 Å². The lowest BCUT2D eigenvalue weighted by atomic mass is 9.91. The van der Waals surface area contributed by atoms with Gasteiger partial charge in [0.2, 0.25) is 0 Å². The maximum Gasteiger partial charge on any atom is 0.258 e. The first-order chi connectivity index (χ1) is 18.9. The van der Waals surface area contributed by atoms with Gasteiger partial charge in [0.05, 0.1) is 21.7 Å². The SMILES string of the molecule is C[C@@](O)(C(=O)N1CCC(N2CC(Nc3cc(Cl)c(C(=O)N4CCC(N)C4)c(Cl)c3)C2)CC1)c1cc(F)cc(F)c1. The molecular formula is C28H33Cl2F2N5O3. The number of aliphatic hydroxyl groups is 1. The Kier molecular flexibility index (Phi) is 8.27. The fourth-order valence-corrected chi connectivity index (χ4v) is 6.48. The highest BCUT2D eigenvalue weighted by Gasteiger charge is 2.40. The van der Waals surface area contributed by atoms with Crippen molar-refractivity contribution in [2.24, 2.45) is 5.73 Å². The normalized spacial score (nSPS) is 22.2. The number of anilines is 1. The predicted molar refractivity (Wildman–Crippen MR) is 149 cm³/mol. The first-order valence-electron chi connectivity index (χ1n) is 13.4. The smallest absolute Gasteiger partial charge is 0.258 e. The van der Waals surface area contributed by atoms with Crippen molar-refractivity contribution in [1.82, 2.24) is 14.7 Å². The Morgan fingerprint density at radius 2 is 1.52 bits per heavy atom. The van der Waals surface area contributed by atoms with Gasteiger partial charge in [-0.2, -0.15) is 0 Å². The van der Waals surface area contributed by atoms with Gasteiger partial charge in [-0.25, -0.2) is 8.78 Å². The summed E-state index contributed by atoms with van der Waals surface area (Å²) >= 11 is 12.9. The van der Waals surface area contributed by atoms with Gasteiger partial charge in [0.25, 0.3) is 11.8 Å². The molecule has 0 aromatic heterocycles. The molecule has 0 aliphatic carbocycles. The Morgan fingerprint density at radius 3 is 2.08 bits per heavy atom. The van der Waals surface area contributed by atoms with Crippen LogP contribution < -0.4 is 11.1 Å².